The second kappa shape index (κ2) is 5.67. The van der Waals surface area contributed by atoms with Crippen molar-refractivity contribution in [2.45, 2.75) is 19.9 Å². The molecule has 0 spiro atoms. The number of nitrogens with zero attached hydrogens (tertiary/aromatic N) is 2. The number of hydrogen-bond acceptors (Lipinski definition) is 3. The van der Waals surface area contributed by atoms with Crippen molar-refractivity contribution in [1.29, 1.82) is 0 Å². The Kier molecular flexibility index (Phi) is 4.19. The summed E-state index contributed by atoms with van der Waals surface area (Å²) < 4.78 is 1.79. The van der Waals surface area contributed by atoms with E-state index < -0.39 is 0 Å². The summed E-state index contributed by atoms with van der Waals surface area (Å²) in [5.41, 5.74) is 0.478. The molecule has 1 aromatic heterocycles. The van der Waals surface area contributed by atoms with Crippen LogP contribution in [-0.2, 0) is 6.54 Å². The Bertz CT molecular complexity index is 443. The molecule has 1 fully saturated rings. The Morgan fingerprint density at radius 2 is 2.22 bits per heavy atom. The number of nitrogens with one attached hydrogen (secondary N) is 1. The molecule has 1 aliphatic rings. The predicted octanol–water partition coefficient (Wildman–Crippen LogP) is 0.780. The minimum atomic E-state index is 0.0923. The molecule has 1 unspecified atom stereocenters. The van der Waals surface area contributed by atoms with E-state index in [2.05, 4.69) is 17.1 Å². The van der Waals surface area contributed by atoms with Crippen molar-refractivity contribution in [2.75, 3.05) is 33.2 Å². The maximum Gasteiger partial charge on any atom is 0.250 e. The summed E-state index contributed by atoms with van der Waals surface area (Å²) in [6, 6.07) is 5.32. The van der Waals surface area contributed by atoms with E-state index in [1.807, 2.05) is 19.3 Å². The lowest BCUT2D eigenvalue weighted by Crippen LogP contribution is -2.34. The van der Waals surface area contributed by atoms with Crippen LogP contribution >= 0.6 is 0 Å². The lowest BCUT2D eigenvalue weighted by atomic mass is 9.90. The summed E-state index contributed by atoms with van der Waals surface area (Å²) >= 11 is 0. The normalized spacial score (nSPS) is 24.6. The van der Waals surface area contributed by atoms with Crippen molar-refractivity contribution in [3.8, 4) is 0 Å². The molecule has 1 saturated heterocycles. The average Bonchev–Trinajstić information content (AvgIpc) is 2.70. The van der Waals surface area contributed by atoms with Gasteiger partial charge >= 0.3 is 0 Å². The molecule has 100 valence electrons. The summed E-state index contributed by atoms with van der Waals surface area (Å²) in [6.07, 6.45) is 3.10. The second-order valence-corrected chi connectivity index (χ2v) is 5.60. The van der Waals surface area contributed by atoms with Gasteiger partial charge in [0.05, 0.1) is 0 Å². The van der Waals surface area contributed by atoms with E-state index in [9.17, 15) is 4.79 Å². The number of likely N-dealkylation sites (tertiary alicyclic amines) is 1. The Labute approximate surface area is 109 Å². The van der Waals surface area contributed by atoms with Crippen LogP contribution in [0, 0.1) is 5.41 Å². The third-order valence-corrected chi connectivity index (χ3v) is 3.80. The van der Waals surface area contributed by atoms with Crippen molar-refractivity contribution in [3.63, 3.8) is 0 Å². The van der Waals surface area contributed by atoms with Gasteiger partial charge in [0, 0.05) is 38.4 Å². The van der Waals surface area contributed by atoms with E-state index in [1.165, 1.54) is 6.42 Å². The van der Waals surface area contributed by atoms with Crippen LogP contribution in [-0.4, -0.2) is 42.7 Å². The smallest absolute Gasteiger partial charge is 0.250 e. The molecule has 0 aliphatic carbocycles. The van der Waals surface area contributed by atoms with Crippen molar-refractivity contribution >= 4 is 0 Å². The highest BCUT2D eigenvalue weighted by Crippen LogP contribution is 2.28. The maximum absolute atomic E-state index is 11.6. The first-order valence-corrected chi connectivity index (χ1v) is 6.65. The van der Waals surface area contributed by atoms with Crippen LogP contribution in [0.2, 0.25) is 0 Å². The van der Waals surface area contributed by atoms with Gasteiger partial charge in [-0.3, -0.25) is 4.79 Å². The molecule has 0 radical (unpaired) electrons. The first kappa shape index (κ1) is 13.3. The van der Waals surface area contributed by atoms with Gasteiger partial charge in [-0.05, 0) is 31.5 Å². The van der Waals surface area contributed by atoms with Gasteiger partial charge in [0.25, 0.3) is 5.56 Å². The highest BCUT2D eigenvalue weighted by molar-refractivity contribution is 4.93. The molecule has 1 aliphatic heterocycles. The fourth-order valence-electron chi connectivity index (χ4n) is 2.78. The zero-order valence-electron chi connectivity index (χ0n) is 11.4. The zero-order chi connectivity index (χ0) is 13.0. The first-order chi connectivity index (χ1) is 8.63. The lowest BCUT2D eigenvalue weighted by Gasteiger charge is -2.24. The second-order valence-electron chi connectivity index (χ2n) is 5.60. The third-order valence-electron chi connectivity index (χ3n) is 3.80. The van der Waals surface area contributed by atoms with Crippen LogP contribution in [0.5, 0.6) is 0 Å². The van der Waals surface area contributed by atoms with E-state index in [0.717, 1.165) is 32.7 Å². The lowest BCUT2D eigenvalue weighted by molar-refractivity contribution is 0.262. The zero-order valence-corrected chi connectivity index (χ0v) is 11.4. The Morgan fingerprint density at radius 1 is 1.39 bits per heavy atom. The molecule has 0 bridgehead atoms. The molecule has 4 nitrogen and oxygen atoms in total. The molecule has 0 aromatic carbocycles. The van der Waals surface area contributed by atoms with Crippen molar-refractivity contribution in [3.05, 3.63) is 34.7 Å². The summed E-state index contributed by atoms with van der Waals surface area (Å²) in [4.78, 5) is 14.0. The summed E-state index contributed by atoms with van der Waals surface area (Å²) in [7, 11) is 2.01. The van der Waals surface area contributed by atoms with Crippen LogP contribution in [0.4, 0.5) is 0 Å². The molecule has 0 saturated carbocycles. The summed E-state index contributed by atoms with van der Waals surface area (Å²) in [5.74, 6) is 0. The van der Waals surface area contributed by atoms with E-state index in [4.69, 9.17) is 0 Å². The summed E-state index contributed by atoms with van der Waals surface area (Å²) in [5, 5.41) is 3.27. The maximum atomic E-state index is 11.6. The predicted molar refractivity (Wildman–Crippen MR) is 73.8 cm³/mol. The van der Waals surface area contributed by atoms with E-state index in [1.54, 1.807) is 16.7 Å². The molecular weight excluding hydrogens is 226 g/mol. The highest BCUT2D eigenvalue weighted by Gasteiger charge is 2.32. The molecule has 1 atom stereocenters. The average molecular weight is 249 g/mol. The number of aromatic nitrogens is 1. The van der Waals surface area contributed by atoms with Crippen LogP contribution in [0.25, 0.3) is 0 Å². The Hall–Kier alpha value is -1.13. The van der Waals surface area contributed by atoms with Crippen molar-refractivity contribution in [2.24, 2.45) is 5.41 Å². The number of pyridine rings is 1. The van der Waals surface area contributed by atoms with E-state index in [-0.39, 0.29) is 5.56 Å². The van der Waals surface area contributed by atoms with E-state index >= 15 is 0 Å². The number of rotatable bonds is 5. The largest absolute Gasteiger partial charge is 0.319 e. The SMILES string of the molecule is CNCC1(C)CCN(CCn2ccccc2=O)C1. The topological polar surface area (TPSA) is 37.3 Å². The first-order valence-electron chi connectivity index (χ1n) is 6.65. The molecule has 4 heteroatoms. The molecule has 1 aromatic rings. The standard InChI is InChI=1S/C14H23N3O/c1-14(11-15-2)6-8-16(12-14)9-10-17-7-4-3-5-13(17)18/h3-5,7,15H,6,8-12H2,1-2H3. The van der Waals surface area contributed by atoms with Crippen LogP contribution in [0.15, 0.2) is 29.2 Å². The van der Waals surface area contributed by atoms with Crippen LogP contribution < -0.4 is 10.9 Å². The molecule has 2 heterocycles. The Balaban J connectivity index is 1.86. The van der Waals surface area contributed by atoms with Gasteiger partial charge in [-0.15, -0.1) is 0 Å². The molecule has 0 amide bonds. The molecular formula is C14H23N3O. The molecule has 1 N–H and O–H groups in total. The van der Waals surface area contributed by atoms with E-state index in [0.29, 0.717) is 5.41 Å². The van der Waals surface area contributed by atoms with Crippen molar-refractivity contribution < 1.29 is 0 Å². The van der Waals surface area contributed by atoms with Gasteiger partial charge in [-0.2, -0.15) is 0 Å². The minimum absolute atomic E-state index is 0.0923. The van der Waals surface area contributed by atoms with Gasteiger partial charge in [0.15, 0.2) is 0 Å². The van der Waals surface area contributed by atoms with Crippen molar-refractivity contribution in [1.82, 2.24) is 14.8 Å². The molecule has 2 rings (SSSR count). The monoisotopic (exact) mass is 249 g/mol. The van der Waals surface area contributed by atoms with Gasteiger partial charge < -0.3 is 14.8 Å². The minimum Gasteiger partial charge on any atom is -0.319 e. The van der Waals surface area contributed by atoms with Crippen LogP contribution in [0.1, 0.15) is 13.3 Å². The van der Waals surface area contributed by atoms with Crippen LogP contribution in [0.3, 0.4) is 0 Å². The quantitative estimate of drug-likeness (QED) is 0.838. The Morgan fingerprint density at radius 3 is 2.94 bits per heavy atom. The number of hydrogen-bond donors (Lipinski definition) is 1. The van der Waals surface area contributed by atoms with Gasteiger partial charge in [-0.25, -0.2) is 0 Å². The van der Waals surface area contributed by atoms with Gasteiger partial charge in [0.1, 0.15) is 0 Å². The highest BCUT2D eigenvalue weighted by atomic mass is 16.1. The molecule has 18 heavy (non-hydrogen) atoms. The van der Waals surface area contributed by atoms with Gasteiger partial charge in [-0.1, -0.05) is 13.0 Å². The summed E-state index contributed by atoms with van der Waals surface area (Å²) in [6.45, 7) is 7.40. The van der Waals surface area contributed by atoms with Gasteiger partial charge in [0.2, 0.25) is 0 Å². The fourth-order valence-corrected chi connectivity index (χ4v) is 2.78. The third kappa shape index (κ3) is 3.21. The fraction of sp³-hybridized carbons (Fsp3) is 0.643.